The zero-order valence-electron chi connectivity index (χ0n) is 11.2. The fourth-order valence-electron chi connectivity index (χ4n) is 2.60. The highest BCUT2D eigenvalue weighted by atomic mass is 32.1. The lowest BCUT2D eigenvalue weighted by Gasteiger charge is -2.24. The number of imidazole rings is 1. The van der Waals surface area contributed by atoms with E-state index in [1.165, 1.54) is 4.88 Å². The lowest BCUT2D eigenvalue weighted by molar-refractivity contribution is 0.193. The van der Waals surface area contributed by atoms with E-state index >= 15 is 0 Å². The van der Waals surface area contributed by atoms with Crippen molar-refractivity contribution in [2.24, 2.45) is 0 Å². The quantitative estimate of drug-likeness (QED) is 0.940. The van der Waals surface area contributed by atoms with Crippen molar-refractivity contribution in [3.63, 3.8) is 0 Å². The standard InChI is InChI=1S/C14H18N4OS/c19-14(16-6-9-17-8-5-15-11-17)18-7-1-3-12(18)13-4-2-10-20-13/h2,4-5,8,10-12H,1,3,6-7,9H2,(H,16,19)/t12-/m1/s1. The summed E-state index contributed by atoms with van der Waals surface area (Å²) >= 11 is 1.73. The van der Waals surface area contributed by atoms with E-state index in [4.69, 9.17) is 0 Å². The summed E-state index contributed by atoms with van der Waals surface area (Å²) in [5.41, 5.74) is 0. The van der Waals surface area contributed by atoms with E-state index in [0.717, 1.165) is 25.9 Å². The smallest absolute Gasteiger partial charge is 0.318 e. The van der Waals surface area contributed by atoms with E-state index in [-0.39, 0.29) is 12.1 Å². The van der Waals surface area contributed by atoms with Gasteiger partial charge in [0.15, 0.2) is 0 Å². The van der Waals surface area contributed by atoms with Crippen LogP contribution in [-0.2, 0) is 6.54 Å². The molecule has 3 rings (SSSR count). The normalized spacial score (nSPS) is 18.4. The van der Waals surface area contributed by atoms with E-state index in [9.17, 15) is 4.79 Å². The van der Waals surface area contributed by atoms with Crippen molar-refractivity contribution in [3.8, 4) is 0 Å². The summed E-state index contributed by atoms with van der Waals surface area (Å²) in [6.07, 6.45) is 7.55. The average Bonchev–Trinajstić information content (AvgIpc) is 3.19. The van der Waals surface area contributed by atoms with E-state index in [1.54, 1.807) is 23.9 Å². The molecule has 0 spiro atoms. The lowest BCUT2D eigenvalue weighted by atomic mass is 10.2. The van der Waals surface area contributed by atoms with Gasteiger partial charge in [-0.3, -0.25) is 0 Å². The average molecular weight is 290 g/mol. The van der Waals surface area contributed by atoms with Crippen molar-refractivity contribution in [1.82, 2.24) is 19.8 Å². The van der Waals surface area contributed by atoms with Gasteiger partial charge in [-0.15, -0.1) is 11.3 Å². The van der Waals surface area contributed by atoms with Crippen LogP contribution in [-0.4, -0.2) is 33.6 Å². The van der Waals surface area contributed by atoms with Gasteiger partial charge in [0.25, 0.3) is 0 Å². The monoisotopic (exact) mass is 290 g/mol. The number of nitrogens with zero attached hydrogens (tertiary/aromatic N) is 3. The number of likely N-dealkylation sites (tertiary alicyclic amines) is 1. The maximum atomic E-state index is 12.3. The van der Waals surface area contributed by atoms with Gasteiger partial charge in [0.2, 0.25) is 0 Å². The Morgan fingerprint density at radius 1 is 1.55 bits per heavy atom. The Balaban J connectivity index is 1.53. The highest BCUT2D eigenvalue weighted by molar-refractivity contribution is 7.10. The molecule has 0 unspecified atom stereocenters. The van der Waals surface area contributed by atoms with Gasteiger partial charge in [-0.2, -0.15) is 0 Å². The first-order valence-electron chi connectivity index (χ1n) is 6.88. The van der Waals surface area contributed by atoms with Crippen molar-refractivity contribution >= 4 is 17.4 Å². The van der Waals surface area contributed by atoms with Gasteiger partial charge in [0, 0.05) is 36.9 Å². The lowest BCUT2D eigenvalue weighted by Crippen LogP contribution is -2.40. The van der Waals surface area contributed by atoms with Gasteiger partial charge in [-0.25, -0.2) is 9.78 Å². The Bertz CT molecular complexity index is 538. The molecular formula is C14H18N4OS. The number of carbonyl (C=O) groups excluding carboxylic acids is 1. The molecular weight excluding hydrogens is 272 g/mol. The van der Waals surface area contributed by atoms with Crippen LogP contribution in [0.5, 0.6) is 0 Å². The first-order chi connectivity index (χ1) is 9.84. The number of thiophene rings is 1. The molecule has 0 aliphatic carbocycles. The Labute approximate surface area is 122 Å². The summed E-state index contributed by atoms with van der Waals surface area (Å²) in [5, 5.41) is 5.07. The van der Waals surface area contributed by atoms with Crippen LogP contribution in [0.15, 0.2) is 36.2 Å². The molecule has 5 nitrogen and oxygen atoms in total. The first kappa shape index (κ1) is 13.2. The highest BCUT2D eigenvalue weighted by Crippen LogP contribution is 2.34. The van der Waals surface area contributed by atoms with Crippen LogP contribution in [0.4, 0.5) is 4.79 Å². The molecule has 1 atom stereocenters. The Kier molecular flexibility index (Phi) is 4.01. The Morgan fingerprint density at radius 3 is 3.25 bits per heavy atom. The summed E-state index contributed by atoms with van der Waals surface area (Å²) < 4.78 is 1.96. The second kappa shape index (κ2) is 6.09. The van der Waals surface area contributed by atoms with E-state index in [0.29, 0.717) is 6.54 Å². The second-order valence-corrected chi connectivity index (χ2v) is 5.88. The maximum absolute atomic E-state index is 12.3. The van der Waals surface area contributed by atoms with Crippen LogP contribution in [0, 0.1) is 0 Å². The topological polar surface area (TPSA) is 50.2 Å². The number of urea groups is 1. The molecule has 1 N–H and O–H groups in total. The number of carbonyl (C=O) groups is 1. The van der Waals surface area contributed by atoms with E-state index in [2.05, 4.69) is 21.7 Å². The van der Waals surface area contributed by atoms with Gasteiger partial charge >= 0.3 is 6.03 Å². The largest absolute Gasteiger partial charge is 0.336 e. The number of rotatable bonds is 4. The molecule has 1 saturated heterocycles. The third kappa shape index (κ3) is 2.85. The Hall–Kier alpha value is -1.82. The summed E-state index contributed by atoms with van der Waals surface area (Å²) in [5.74, 6) is 0. The molecule has 1 fully saturated rings. The van der Waals surface area contributed by atoms with Crippen LogP contribution in [0.1, 0.15) is 23.8 Å². The van der Waals surface area contributed by atoms with Gasteiger partial charge < -0.3 is 14.8 Å². The highest BCUT2D eigenvalue weighted by Gasteiger charge is 2.30. The van der Waals surface area contributed by atoms with Gasteiger partial charge in [0.1, 0.15) is 0 Å². The third-order valence-corrected chi connectivity index (χ3v) is 4.56. The SMILES string of the molecule is O=C(NCCn1ccnc1)N1CCC[C@@H]1c1cccs1. The zero-order valence-corrected chi connectivity index (χ0v) is 12.1. The molecule has 2 aromatic rings. The van der Waals surface area contributed by atoms with Crippen LogP contribution < -0.4 is 5.32 Å². The molecule has 3 heterocycles. The molecule has 0 bridgehead atoms. The van der Waals surface area contributed by atoms with Crippen LogP contribution >= 0.6 is 11.3 Å². The van der Waals surface area contributed by atoms with Crippen LogP contribution in [0.25, 0.3) is 0 Å². The molecule has 1 aliphatic heterocycles. The summed E-state index contributed by atoms with van der Waals surface area (Å²) in [7, 11) is 0. The van der Waals surface area contributed by atoms with Crippen molar-refractivity contribution in [2.75, 3.05) is 13.1 Å². The van der Waals surface area contributed by atoms with Gasteiger partial charge in [-0.1, -0.05) is 6.07 Å². The minimum absolute atomic E-state index is 0.0426. The number of aromatic nitrogens is 2. The second-order valence-electron chi connectivity index (χ2n) is 4.90. The predicted molar refractivity (Wildman–Crippen MR) is 78.6 cm³/mol. The molecule has 106 valence electrons. The summed E-state index contributed by atoms with van der Waals surface area (Å²) in [4.78, 5) is 19.5. The zero-order chi connectivity index (χ0) is 13.8. The number of hydrogen-bond acceptors (Lipinski definition) is 3. The molecule has 0 saturated carbocycles. The predicted octanol–water partition coefficient (Wildman–Crippen LogP) is 2.49. The molecule has 0 radical (unpaired) electrons. The molecule has 0 aromatic carbocycles. The number of hydrogen-bond donors (Lipinski definition) is 1. The van der Waals surface area contributed by atoms with Crippen LogP contribution in [0.3, 0.4) is 0 Å². The minimum atomic E-state index is 0.0426. The van der Waals surface area contributed by atoms with Crippen molar-refractivity contribution < 1.29 is 4.79 Å². The molecule has 20 heavy (non-hydrogen) atoms. The fourth-order valence-corrected chi connectivity index (χ4v) is 3.47. The summed E-state index contributed by atoms with van der Waals surface area (Å²) in [6.45, 7) is 2.23. The van der Waals surface area contributed by atoms with Gasteiger partial charge in [-0.05, 0) is 24.3 Å². The van der Waals surface area contributed by atoms with E-state index in [1.807, 2.05) is 21.7 Å². The first-order valence-corrected chi connectivity index (χ1v) is 7.76. The Morgan fingerprint density at radius 2 is 2.50 bits per heavy atom. The minimum Gasteiger partial charge on any atom is -0.336 e. The fraction of sp³-hybridized carbons (Fsp3) is 0.429. The van der Waals surface area contributed by atoms with Crippen LogP contribution in [0.2, 0.25) is 0 Å². The molecule has 2 amide bonds. The van der Waals surface area contributed by atoms with Crippen molar-refractivity contribution in [3.05, 3.63) is 41.1 Å². The van der Waals surface area contributed by atoms with Crippen molar-refractivity contribution in [1.29, 1.82) is 0 Å². The van der Waals surface area contributed by atoms with Gasteiger partial charge in [0.05, 0.1) is 12.4 Å². The maximum Gasteiger partial charge on any atom is 0.318 e. The number of amides is 2. The molecule has 2 aromatic heterocycles. The van der Waals surface area contributed by atoms with E-state index < -0.39 is 0 Å². The summed E-state index contributed by atoms with van der Waals surface area (Å²) in [6, 6.07) is 4.46. The number of nitrogens with one attached hydrogen (secondary N) is 1. The third-order valence-electron chi connectivity index (χ3n) is 3.59. The van der Waals surface area contributed by atoms with Crippen molar-refractivity contribution in [2.45, 2.75) is 25.4 Å². The molecule has 6 heteroatoms. The molecule has 1 aliphatic rings.